The normalized spacial score (nSPS) is 15.1. The zero-order valence-corrected chi connectivity index (χ0v) is 20.8. The fraction of sp³-hybridized carbons (Fsp3) is 0.423. The van der Waals surface area contributed by atoms with Crippen molar-refractivity contribution in [1.29, 1.82) is 0 Å². The van der Waals surface area contributed by atoms with E-state index in [1.165, 1.54) is 36.6 Å². The van der Waals surface area contributed by atoms with E-state index in [0.717, 1.165) is 42.1 Å². The Morgan fingerprint density at radius 2 is 1.76 bits per heavy atom. The van der Waals surface area contributed by atoms with Crippen LogP contribution in [0.5, 0.6) is 5.75 Å². The minimum Gasteiger partial charge on any atom is -0.494 e. The second-order valence-electron chi connectivity index (χ2n) is 8.51. The lowest BCUT2D eigenvalue weighted by molar-refractivity contribution is -0.115. The van der Waals surface area contributed by atoms with Gasteiger partial charge in [0.05, 0.1) is 24.9 Å². The first kappa shape index (κ1) is 24.3. The van der Waals surface area contributed by atoms with E-state index in [1.807, 2.05) is 56.3 Å². The second kappa shape index (κ2) is 12.0. The number of benzene rings is 2. The van der Waals surface area contributed by atoms with Crippen LogP contribution in [-0.4, -0.2) is 50.5 Å². The number of piperidine rings is 1. The number of hydrogen-bond donors (Lipinski definition) is 1. The van der Waals surface area contributed by atoms with E-state index in [1.54, 1.807) is 0 Å². The first-order valence-electron chi connectivity index (χ1n) is 12.0. The number of thioether (sulfide) groups is 1. The number of nitrogens with one attached hydrogen (secondary N) is 1. The predicted molar refractivity (Wildman–Crippen MR) is 136 cm³/mol. The summed E-state index contributed by atoms with van der Waals surface area (Å²) in [5.74, 6) is 1.67. The molecule has 1 saturated heterocycles. The van der Waals surface area contributed by atoms with Gasteiger partial charge in [-0.2, -0.15) is 0 Å². The average molecular weight is 480 g/mol. The predicted octanol–water partition coefficient (Wildman–Crippen LogP) is 4.83. The Bertz CT molecular complexity index is 1050. The van der Waals surface area contributed by atoms with Crippen molar-refractivity contribution in [2.45, 2.75) is 56.6 Å². The van der Waals surface area contributed by atoms with E-state index in [2.05, 4.69) is 37.1 Å². The molecular weight excluding hydrogens is 446 g/mol. The van der Waals surface area contributed by atoms with Crippen LogP contribution >= 0.6 is 11.8 Å². The number of carbonyl (C=O) groups is 1. The van der Waals surface area contributed by atoms with Crippen LogP contribution in [0.4, 0.5) is 5.69 Å². The Morgan fingerprint density at radius 1 is 1.03 bits per heavy atom. The third-order valence-electron chi connectivity index (χ3n) is 5.87. The minimum atomic E-state index is -0.326. The van der Waals surface area contributed by atoms with Crippen LogP contribution < -0.4 is 10.1 Å². The molecule has 1 fully saturated rings. The van der Waals surface area contributed by atoms with Crippen molar-refractivity contribution in [2.24, 2.45) is 0 Å². The molecule has 3 aromatic rings. The molecule has 1 unspecified atom stereocenters. The van der Waals surface area contributed by atoms with E-state index >= 15 is 0 Å². The van der Waals surface area contributed by atoms with E-state index in [9.17, 15) is 4.79 Å². The molecule has 2 aromatic carbocycles. The van der Waals surface area contributed by atoms with Gasteiger partial charge in [-0.15, -0.1) is 10.2 Å². The molecule has 1 aliphatic rings. The fourth-order valence-corrected chi connectivity index (χ4v) is 4.89. The summed E-state index contributed by atoms with van der Waals surface area (Å²) < 4.78 is 7.63. The van der Waals surface area contributed by atoms with Crippen molar-refractivity contribution < 1.29 is 9.53 Å². The highest BCUT2D eigenvalue weighted by Crippen LogP contribution is 2.26. The van der Waals surface area contributed by atoms with Crippen LogP contribution in [0.1, 0.15) is 44.5 Å². The lowest BCUT2D eigenvalue weighted by Gasteiger charge is -2.26. The molecule has 34 heavy (non-hydrogen) atoms. The lowest BCUT2D eigenvalue weighted by Crippen LogP contribution is -2.30. The summed E-state index contributed by atoms with van der Waals surface area (Å²) in [5.41, 5.74) is 1.94. The van der Waals surface area contributed by atoms with Gasteiger partial charge in [-0.1, -0.05) is 48.5 Å². The lowest BCUT2D eigenvalue weighted by atomic mass is 10.1. The smallest absolute Gasteiger partial charge is 0.237 e. The Balaban J connectivity index is 1.46. The van der Waals surface area contributed by atoms with Gasteiger partial charge in [-0.25, -0.2) is 0 Å². The maximum Gasteiger partial charge on any atom is 0.237 e. The highest BCUT2D eigenvalue weighted by Gasteiger charge is 2.22. The van der Waals surface area contributed by atoms with Crippen LogP contribution in [0.15, 0.2) is 59.8 Å². The molecule has 1 N–H and O–H groups in total. The number of aromatic nitrogens is 3. The zero-order valence-electron chi connectivity index (χ0n) is 19.9. The minimum absolute atomic E-state index is 0.0685. The SMILES string of the molecule is CCOc1ccc(NC(=O)C(C)Sc2nnc(CN3CCCCC3)n2Cc2ccccc2)cc1. The monoisotopic (exact) mass is 479 g/mol. The quantitative estimate of drug-likeness (QED) is 0.420. The molecule has 0 bridgehead atoms. The molecular formula is C26H33N5O2S. The van der Waals surface area contributed by atoms with Crippen LogP contribution in [0.25, 0.3) is 0 Å². The molecule has 0 saturated carbocycles. The number of carbonyl (C=O) groups excluding carboxylic acids is 1. The van der Waals surface area contributed by atoms with Crippen molar-refractivity contribution in [3.05, 3.63) is 66.0 Å². The molecule has 1 aliphatic heterocycles. The van der Waals surface area contributed by atoms with Crippen molar-refractivity contribution in [3.63, 3.8) is 0 Å². The van der Waals surface area contributed by atoms with Gasteiger partial charge >= 0.3 is 0 Å². The summed E-state index contributed by atoms with van der Waals surface area (Å²) in [6.45, 7) is 8.13. The van der Waals surface area contributed by atoms with Gasteiger partial charge in [0.15, 0.2) is 5.16 Å². The molecule has 1 aromatic heterocycles. The first-order chi connectivity index (χ1) is 16.6. The Morgan fingerprint density at radius 3 is 2.47 bits per heavy atom. The standard InChI is InChI=1S/C26H33N5O2S/c1-3-33-23-14-12-22(13-15-23)27-25(32)20(2)34-26-29-28-24(19-30-16-8-5-9-17-30)31(26)18-21-10-6-4-7-11-21/h4,6-7,10-15,20H,3,5,8-9,16-19H2,1-2H3,(H,27,32). The molecule has 0 radical (unpaired) electrons. The molecule has 1 amide bonds. The number of ether oxygens (including phenoxy) is 1. The van der Waals surface area contributed by atoms with Crippen molar-refractivity contribution in [3.8, 4) is 5.75 Å². The molecule has 0 spiro atoms. The molecule has 180 valence electrons. The van der Waals surface area contributed by atoms with Gasteiger partial charge in [0.25, 0.3) is 0 Å². The second-order valence-corrected chi connectivity index (χ2v) is 9.82. The Hall–Kier alpha value is -2.84. The molecule has 4 rings (SSSR count). The first-order valence-corrected chi connectivity index (χ1v) is 12.9. The van der Waals surface area contributed by atoms with Crippen molar-refractivity contribution >= 4 is 23.4 Å². The van der Waals surface area contributed by atoms with Crippen molar-refractivity contribution in [2.75, 3.05) is 25.0 Å². The number of amides is 1. The van der Waals surface area contributed by atoms with Crippen LogP contribution in [-0.2, 0) is 17.9 Å². The molecule has 8 heteroatoms. The topological polar surface area (TPSA) is 72.3 Å². The van der Waals surface area contributed by atoms with Crippen LogP contribution in [0, 0.1) is 0 Å². The van der Waals surface area contributed by atoms with Gasteiger partial charge in [0, 0.05) is 5.69 Å². The van der Waals surface area contributed by atoms with Gasteiger partial charge in [0.1, 0.15) is 11.6 Å². The van der Waals surface area contributed by atoms with Crippen molar-refractivity contribution in [1.82, 2.24) is 19.7 Å². The van der Waals surface area contributed by atoms with Crippen LogP contribution in [0.2, 0.25) is 0 Å². The highest BCUT2D eigenvalue weighted by atomic mass is 32.2. The summed E-state index contributed by atoms with van der Waals surface area (Å²) in [6.07, 6.45) is 3.77. The van der Waals surface area contributed by atoms with E-state index in [-0.39, 0.29) is 11.2 Å². The highest BCUT2D eigenvalue weighted by molar-refractivity contribution is 8.00. The third kappa shape index (κ3) is 6.61. The summed E-state index contributed by atoms with van der Waals surface area (Å²) in [5, 5.41) is 12.5. The summed E-state index contributed by atoms with van der Waals surface area (Å²) in [7, 11) is 0. The number of rotatable bonds is 10. The average Bonchev–Trinajstić information content (AvgIpc) is 3.22. The van der Waals surface area contributed by atoms with Gasteiger partial charge in [-0.3, -0.25) is 9.69 Å². The molecule has 0 aliphatic carbocycles. The zero-order chi connectivity index (χ0) is 23.8. The summed E-state index contributed by atoms with van der Waals surface area (Å²) in [6, 6.07) is 17.8. The Labute approximate surface area is 205 Å². The maximum absolute atomic E-state index is 12.9. The number of hydrogen-bond acceptors (Lipinski definition) is 6. The number of anilines is 1. The Kier molecular flexibility index (Phi) is 8.60. The third-order valence-corrected chi connectivity index (χ3v) is 6.96. The van der Waals surface area contributed by atoms with Gasteiger partial charge < -0.3 is 14.6 Å². The maximum atomic E-state index is 12.9. The largest absolute Gasteiger partial charge is 0.494 e. The summed E-state index contributed by atoms with van der Waals surface area (Å²) >= 11 is 1.45. The molecule has 1 atom stereocenters. The molecule has 7 nitrogen and oxygen atoms in total. The van der Waals surface area contributed by atoms with Gasteiger partial charge in [-0.05, 0) is 69.6 Å². The van der Waals surface area contributed by atoms with E-state index in [4.69, 9.17) is 4.74 Å². The summed E-state index contributed by atoms with van der Waals surface area (Å²) in [4.78, 5) is 15.3. The fourth-order valence-electron chi connectivity index (χ4n) is 4.02. The van der Waals surface area contributed by atoms with E-state index in [0.29, 0.717) is 13.2 Å². The van der Waals surface area contributed by atoms with Crippen LogP contribution in [0.3, 0.4) is 0 Å². The number of likely N-dealkylation sites (tertiary alicyclic amines) is 1. The number of nitrogens with zero attached hydrogens (tertiary/aromatic N) is 4. The molecule has 2 heterocycles. The van der Waals surface area contributed by atoms with E-state index < -0.39 is 0 Å². The van der Waals surface area contributed by atoms with Gasteiger partial charge in [0.2, 0.25) is 5.91 Å².